The fraction of sp³-hybridized carbons (Fsp3) is 0.143. The molecule has 0 radical (unpaired) electrons. The number of nitrogens with two attached hydrogens (primary N) is 1. The van der Waals surface area contributed by atoms with E-state index in [4.69, 9.17) is 28.9 Å². The molecule has 0 bridgehead atoms. The number of aryl methyl sites for hydroxylation is 2. The largest absolute Gasteiger partial charge is 0.398 e. The van der Waals surface area contributed by atoms with E-state index in [1.165, 1.54) is 11.1 Å². The smallest absolute Gasteiger partial charge is 0.0635 e. The van der Waals surface area contributed by atoms with Gasteiger partial charge in [-0.25, -0.2) is 0 Å². The van der Waals surface area contributed by atoms with Crippen molar-refractivity contribution in [1.82, 2.24) is 0 Å². The van der Waals surface area contributed by atoms with Crippen molar-refractivity contribution in [3.8, 4) is 11.1 Å². The van der Waals surface area contributed by atoms with E-state index in [9.17, 15) is 0 Å². The lowest BCUT2D eigenvalue weighted by molar-refractivity contribution is 1.34. The van der Waals surface area contributed by atoms with Gasteiger partial charge in [-0.2, -0.15) is 0 Å². The maximum absolute atomic E-state index is 6.25. The summed E-state index contributed by atoms with van der Waals surface area (Å²) in [6, 6.07) is 9.60. The molecule has 0 atom stereocenters. The molecule has 0 unspecified atom stereocenters. The van der Waals surface area contributed by atoms with Crippen molar-refractivity contribution in [3.63, 3.8) is 0 Å². The molecular weight excluding hydrogens is 253 g/mol. The normalized spacial score (nSPS) is 10.6. The first kappa shape index (κ1) is 12.3. The van der Waals surface area contributed by atoms with Gasteiger partial charge in [-0.15, -0.1) is 0 Å². The molecule has 0 spiro atoms. The van der Waals surface area contributed by atoms with Gasteiger partial charge in [0.25, 0.3) is 0 Å². The van der Waals surface area contributed by atoms with Crippen LogP contribution in [0, 0.1) is 13.8 Å². The van der Waals surface area contributed by atoms with E-state index in [2.05, 4.69) is 13.0 Å². The Morgan fingerprint density at radius 1 is 0.882 bits per heavy atom. The second kappa shape index (κ2) is 4.59. The molecule has 0 fully saturated rings. The SMILES string of the molecule is Cc1cc(Cl)c(-c2ccc(Cl)c(N)c2)cc1C. The van der Waals surface area contributed by atoms with Crippen LogP contribution < -0.4 is 5.73 Å². The number of halogens is 2. The standard InChI is InChI=1S/C14H13Cl2N/c1-8-5-11(13(16)6-9(8)2)10-3-4-12(15)14(17)7-10/h3-7H,17H2,1-2H3. The summed E-state index contributed by atoms with van der Waals surface area (Å²) in [5, 5.41) is 1.29. The topological polar surface area (TPSA) is 26.0 Å². The summed E-state index contributed by atoms with van der Waals surface area (Å²) in [5.41, 5.74) is 10.7. The average Bonchev–Trinajstić information content (AvgIpc) is 2.27. The Kier molecular flexibility index (Phi) is 3.32. The fourth-order valence-corrected chi connectivity index (χ4v) is 2.16. The maximum Gasteiger partial charge on any atom is 0.0635 e. The lowest BCUT2D eigenvalue weighted by Gasteiger charge is -2.10. The Balaban J connectivity index is 2.60. The van der Waals surface area contributed by atoms with Crippen LogP contribution in [-0.2, 0) is 0 Å². The van der Waals surface area contributed by atoms with Gasteiger partial charge in [0.15, 0.2) is 0 Å². The minimum Gasteiger partial charge on any atom is -0.398 e. The zero-order valence-electron chi connectivity index (χ0n) is 9.72. The summed E-state index contributed by atoms with van der Waals surface area (Å²) in [6.45, 7) is 4.11. The van der Waals surface area contributed by atoms with E-state index in [1.54, 1.807) is 6.07 Å². The predicted octanol–water partition coefficient (Wildman–Crippen LogP) is 4.86. The minimum absolute atomic E-state index is 0.564. The first-order chi connectivity index (χ1) is 7.99. The lowest BCUT2D eigenvalue weighted by atomic mass is 10.00. The molecule has 0 amide bonds. The molecule has 0 saturated heterocycles. The Morgan fingerprint density at radius 2 is 1.53 bits per heavy atom. The van der Waals surface area contributed by atoms with Gasteiger partial charge in [0.05, 0.1) is 10.7 Å². The van der Waals surface area contributed by atoms with E-state index in [0.717, 1.165) is 16.1 Å². The molecule has 17 heavy (non-hydrogen) atoms. The molecule has 3 heteroatoms. The molecule has 2 aromatic rings. The van der Waals surface area contributed by atoms with E-state index >= 15 is 0 Å². The second-order valence-electron chi connectivity index (χ2n) is 4.15. The maximum atomic E-state index is 6.25. The van der Waals surface area contributed by atoms with Crippen LogP contribution in [-0.4, -0.2) is 0 Å². The van der Waals surface area contributed by atoms with Crippen molar-refractivity contribution in [2.45, 2.75) is 13.8 Å². The number of hydrogen-bond acceptors (Lipinski definition) is 1. The summed E-state index contributed by atoms with van der Waals surface area (Å²) in [7, 11) is 0. The number of rotatable bonds is 1. The Morgan fingerprint density at radius 3 is 2.18 bits per heavy atom. The zero-order valence-corrected chi connectivity index (χ0v) is 11.2. The molecule has 0 aliphatic rings. The molecular formula is C14H13Cl2N. The summed E-state index contributed by atoms with van der Waals surface area (Å²) in [5.74, 6) is 0. The highest BCUT2D eigenvalue weighted by Gasteiger charge is 2.07. The summed E-state index contributed by atoms with van der Waals surface area (Å²) >= 11 is 12.2. The monoisotopic (exact) mass is 265 g/mol. The van der Waals surface area contributed by atoms with E-state index < -0.39 is 0 Å². The molecule has 88 valence electrons. The molecule has 0 aromatic heterocycles. The highest BCUT2D eigenvalue weighted by atomic mass is 35.5. The number of hydrogen-bond donors (Lipinski definition) is 1. The van der Waals surface area contributed by atoms with Crippen LogP contribution in [0.3, 0.4) is 0 Å². The van der Waals surface area contributed by atoms with Gasteiger partial charge < -0.3 is 5.73 Å². The van der Waals surface area contributed by atoms with E-state index in [1.807, 2.05) is 25.1 Å². The van der Waals surface area contributed by atoms with Crippen molar-refractivity contribution in [2.75, 3.05) is 5.73 Å². The molecule has 0 saturated carbocycles. The Labute approximate surface area is 111 Å². The van der Waals surface area contributed by atoms with E-state index in [0.29, 0.717) is 10.7 Å². The molecule has 2 rings (SSSR count). The second-order valence-corrected chi connectivity index (χ2v) is 4.97. The predicted molar refractivity (Wildman–Crippen MR) is 75.8 cm³/mol. The molecule has 0 aliphatic carbocycles. The summed E-state index contributed by atoms with van der Waals surface area (Å²) in [4.78, 5) is 0. The Hall–Kier alpha value is -1.18. The van der Waals surface area contributed by atoms with Gasteiger partial charge in [-0.05, 0) is 54.8 Å². The van der Waals surface area contributed by atoms with E-state index in [-0.39, 0.29) is 0 Å². The number of benzene rings is 2. The quantitative estimate of drug-likeness (QED) is 0.733. The summed E-state index contributed by atoms with van der Waals surface area (Å²) in [6.07, 6.45) is 0. The van der Waals surface area contributed by atoms with Crippen LogP contribution in [0.2, 0.25) is 10.0 Å². The van der Waals surface area contributed by atoms with Crippen LogP contribution in [0.15, 0.2) is 30.3 Å². The van der Waals surface area contributed by atoms with Crippen molar-refractivity contribution < 1.29 is 0 Å². The van der Waals surface area contributed by atoms with Gasteiger partial charge in [0.2, 0.25) is 0 Å². The van der Waals surface area contributed by atoms with Gasteiger partial charge >= 0.3 is 0 Å². The Bertz CT molecular complexity index is 577. The average molecular weight is 266 g/mol. The molecule has 2 aromatic carbocycles. The van der Waals surface area contributed by atoms with Gasteiger partial charge in [-0.3, -0.25) is 0 Å². The highest BCUT2D eigenvalue weighted by molar-refractivity contribution is 6.34. The highest BCUT2D eigenvalue weighted by Crippen LogP contribution is 2.33. The van der Waals surface area contributed by atoms with Crippen LogP contribution >= 0.6 is 23.2 Å². The summed E-state index contributed by atoms with van der Waals surface area (Å²) < 4.78 is 0. The van der Waals surface area contributed by atoms with Crippen LogP contribution in [0.5, 0.6) is 0 Å². The third-order valence-corrected chi connectivity index (χ3v) is 3.55. The zero-order chi connectivity index (χ0) is 12.6. The van der Waals surface area contributed by atoms with Gasteiger partial charge in [0.1, 0.15) is 0 Å². The van der Waals surface area contributed by atoms with Crippen LogP contribution in [0.1, 0.15) is 11.1 Å². The first-order valence-electron chi connectivity index (χ1n) is 5.31. The number of nitrogen functional groups attached to an aromatic ring is 1. The van der Waals surface area contributed by atoms with Crippen LogP contribution in [0.4, 0.5) is 5.69 Å². The van der Waals surface area contributed by atoms with Crippen molar-refractivity contribution in [3.05, 3.63) is 51.5 Å². The van der Waals surface area contributed by atoms with Crippen molar-refractivity contribution >= 4 is 28.9 Å². The minimum atomic E-state index is 0.564. The molecule has 0 heterocycles. The first-order valence-corrected chi connectivity index (χ1v) is 6.07. The molecule has 2 N–H and O–H groups in total. The number of anilines is 1. The molecule has 0 aliphatic heterocycles. The van der Waals surface area contributed by atoms with Crippen molar-refractivity contribution in [1.29, 1.82) is 0 Å². The van der Waals surface area contributed by atoms with Crippen molar-refractivity contribution in [2.24, 2.45) is 0 Å². The third kappa shape index (κ3) is 2.41. The molecule has 1 nitrogen and oxygen atoms in total. The van der Waals surface area contributed by atoms with Crippen LogP contribution in [0.25, 0.3) is 11.1 Å². The van der Waals surface area contributed by atoms with Gasteiger partial charge in [-0.1, -0.05) is 29.3 Å². The fourth-order valence-electron chi connectivity index (χ4n) is 1.71. The van der Waals surface area contributed by atoms with Gasteiger partial charge in [0, 0.05) is 10.6 Å². The lowest BCUT2D eigenvalue weighted by Crippen LogP contribution is -1.89. The third-order valence-electron chi connectivity index (χ3n) is 2.89.